The lowest BCUT2D eigenvalue weighted by molar-refractivity contribution is 0.270. The molecule has 1 aromatic rings. The molecular formula is C14H21Cl3N2O. The van der Waals surface area contributed by atoms with Gasteiger partial charge < -0.3 is 10.5 Å². The number of likely N-dealkylation sites (tertiary alicyclic amines) is 1. The Morgan fingerprint density at radius 3 is 2.65 bits per heavy atom. The summed E-state index contributed by atoms with van der Waals surface area (Å²) in [6.45, 7) is 5.78. The molecule has 1 unspecified atom stereocenters. The Hall–Kier alpha value is -0.190. The van der Waals surface area contributed by atoms with Crippen LogP contribution in [0.3, 0.4) is 0 Å². The summed E-state index contributed by atoms with van der Waals surface area (Å²) in [4.78, 5) is 2.37. The molecule has 6 heteroatoms. The van der Waals surface area contributed by atoms with Gasteiger partial charge in [0.1, 0.15) is 5.75 Å². The van der Waals surface area contributed by atoms with Crippen molar-refractivity contribution in [2.24, 2.45) is 11.1 Å². The number of nitrogens with zero attached hydrogens (tertiary/aromatic N) is 1. The van der Waals surface area contributed by atoms with E-state index < -0.39 is 0 Å². The molecular weight excluding hydrogens is 319 g/mol. The molecule has 3 nitrogen and oxygen atoms in total. The summed E-state index contributed by atoms with van der Waals surface area (Å²) in [6.07, 6.45) is 1.13. The molecule has 0 radical (unpaired) electrons. The molecule has 114 valence electrons. The van der Waals surface area contributed by atoms with Crippen molar-refractivity contribution in [3.05, 3.63) is 27.7 Å². The molecule has 0 amide bonds. The third-order valence-electron chi connectivity index (χ3n) is 3.81. The van der Waals surface area contributed by atoms with Crippen LogP contribution in [0.4, 0.5) is 0 Å². The summed E-state index contributed by atoms with van der Waals surface area (Å²) in [6, 6.07) is 3.63. The highest BCUT2D eigenvalue weighted by Gasteiger charge is 2.32. The van der Waals surface area contributed by atoms with Crippen molar-refractivity contribution in [1.82, 2.24) is 4.90 Å². The van der Waals surface area contributed by atoms with Gasteiger partial charge >= 0.3 is 0 Å². The van der Waals surface area contributed by atoms with Crippen molar-refractivity contribution >= 4 is 35.6 Å². The number of hydrogen-bond donors (Lipinski definition) is 1. The van der Waals surface area contributed by atoms with Crippen molar-refractivity contribution < 1.29 is 4.74 Å². The second kappa shape index (κ2) is 7.19. The van der Waals surface area contributed by atoms with E-state index in [9.17, 15) is 0 Å². The van der Waals surface area contributed by atoms with Crippen LogP contribution in [0.25, 0.3) is 0 Å². The van der Waals surface area contributed by atoms with E-state index in [1.54, 1.807) is 13.2 Å². The second-order valence-corrected chi connectivity index (χ2v) is 6.40. The number of rotatable bonds is 4. The lowest BCUT2D eigenvalue weighted by atomic mass is 9.90. The highest BCUT2D eigenvalue weighted by Crippen LogP contribution is 2.35. The minimum absolute atomic E-state index is 0. The average Bonchev–Trinajstić information content (AvgIpc) is 2.71. The fourth-order valence-electron chi connectivity index (χ4n) is 2.63. The zero-order valence-electron chi connectivity index (χ0n) is 11.8. The fraction of sp³-hybridized carbons (Fsp3) is 0.571. The Labute approximate surface area is 136 Å². The first-order valence-electron chi connectivity index (χ1n) is 6.42. The largest absolute Gasteiger partial charge is 0.495 e. The Balaban J connectivity index is 0.00000200. The van der Waals surface area contributed by atoms with Gasteiger partial charge in [-0.1, -0.05) is 30.1 Å². The molecule has 1 fully saturated rings. The van der Waals surface area contributed by atoms with E-state index in [4.69, 9.17) is 33.7 Å². The van der Waals surface area contributed by atoms with Crippen LogP contribution in [0.2, 0.25) is 10.0 Å². The number of halogens is 3. The number of benzene rings is 1. The Kier molecular flexibility index (Phi) is 6.42. The van der Waals surface area contributed by atoms with Gasteiger partial charge in [0.05, 0.1) is 12.1 Å². The number of nitrogens with two attached hydrogens (primary N) is 1. The summed E-state index contributed by atoms with van der Waals surface area (Å²) in [5, 5.41) is 1.20. The van der Waals surface area contributed by atoms with Crippen molar-refractivity contribution in [2.45, 2.75) is 19.9 Å². The van der Waals surface area contributed by atoms with Crippen molar-refractivity contribution in [3.8, 4) is 5.75 Å². The zero-order valence-corrected chi connectivity index (χ0v) is 14.1. The van der Waals surface area contributed by atoms with E-state index in [0.717, 1.165) is 38.2 Å². The SMILES string of the molecule is COc1c(Cl)cc(Cl)cc1CN1CCC(C)(CN)C1.Cl. The fourth-order valence-corrected chi connectivity index (χ4v) is 3.24. The van der Waals surface area contributed by atoms with E-state index >= 15 is 0 Å². The predicted molar refractivity (Wildman–Crippen MR) is 87.3 cm³/mol. The minimum atomic E-state index is 0. The standard InChI is InChI=1S/C14H20Cl2N2O.ClH/c1-14(8-17)3-4-18(9-14)7-10-5-11(15)6-12(16)13(10)19-2;/h5-6H,3-4,7-9,17H2,1-2H3;1H. The molecule has 1 aliphatic rings. The first-order chi connectivity index (χ1) is 8.97. The van der Waals surface area contributed by atoms with Crippen molar-refractivity contribution in [2.75, 3.05) is 26.7 Å². The van der Waals surface area contributed by atoms with E-state index in [2.05, 4.69) is 11.8 Å². The molecule has 1 aliphatic heterocycles. The Morgan fingerprint density at radius 2 is 2.10 bits per heavy atom. The number of methoxy groups -OCH3 is 1. The maximum Gasteiger partial charge on any atom is 0.142 e. The summed E-state index contributed by atoms with van der Waals surface area (Å²) in [5.41, 5.74) is 7.08. The van der Waals surface area contributed by atoms with Gasteiger partial charge in [0.2, 0.25) is 0 Å². The van der Waals surface area contributed by atoms with Gasteiger partial charge in [0, 0.05) is 23.7 Å². The topological polar surface area (TPSA) is 38.5 Å². The lowest BCUT2D eigenvalue weighted by Gasteiger charge is -2.23. The smallest absolute Gasteiger partial charge is 0.142 e. The van der Waals surface area contributed by atoms with Crippen LogP contribution in [-0.2, 0) is 6.54 Å². The Bertz CT molecular complexity index is 470. The van der Waals surface area contributed by atoms with Gasteiger partial charge in [0.15, 0.2) is 0 Å². The molecule has 1 atom stereocenters. The summed E-state index contributed by atoms with van der Waals surface area (Å²) >= 11 is 12.2. The van der Waals surface area contributed by atoms with Gasteiger partial charge in [-0.05, 0) is 37.1 Å². The van der Waals surface area contributed by atoms with Gasteiger partial charge in [-0.3, -0.25) is 4.90 Å². The molecule has 0 spiro atoms. The van der Waals surface area contributed by atoms with Crippen molar-refractivity contribution in [3.63, 3.8) is 0 Å². The van der Waals surface area contributed by atoms with Gasteiger partial charge in [-0.15, -0.1) is 12.4 Å². The van der Waals surface area contributed by atoms with Gasteiger partial charge in [-0.2, -0.15) is 0 Å². The molecule has 2 rings (SSSR count). The van der Waals surface area contributed by atoms with Crippen molar-refractivity contribution in [1.29, 1.82) is 0 Å². The van der Waals surface area contributed by atoms with Crippen LogP contribution < -0.4 is 10.5 Å². The highest BCUT2D eigenvalue weighted by molar-refractivity contribution is 6.35. The molecule has 0 bridgehead atoms. The molecule has 1 aromatic carbocycles. The van der Waals surface area contributed by atoms with Gasteiger partial charge in [-0.25, -0.2) is 0 Å². The summed E-state index contributed by atoms with van der Waals surface area (Å²) in [5.74, 6) is 0.715. The minimum Gasteiger partial charge on any atom is -0.495 e. The molecule has 1 heterocycles. The Morgan fingerprint density at radius 1 is 1.40 bits per heavy atom. The van der Waals surface area contributed by atoms with Crippen LogP contribution in [0.15, 0.2) is 12.1 Å². The predicted octanol–water partition coefficient (Wildman–Crippen LogP) is 3.59. The van der Waals surface area contributed by atoms with Crippen LogP contribution in [-0.4, -0.2) is 31.6 Å². The van der Waals surface area contributed by atoms with E-state index in [1.165, 1.54) is 0 Å². The first kappa shape index (κ1) is 17.9. The first-order valence-corrected chi connectivity index (χ1v) is 7.17. The van der Waals surface area contributed by atoms with Gasteiger partial charge in [0.25, 0.3) is 0 Å². The molecule has 0 aromatic heterocycles. The maximum atomic E-state index is 6.16. The lowest BCUT2D eigenvalue weighted by Crippen LogP contribution is -2.31. The molecule has 20 heavy (non-hydrogen) atoms. The normalized spacial score (nSPS) is 22.6. The van der Waals surface area contributed by atoms with E-state index in [-0.39, 0.29) is 17.8 Å². The molecule has 0 aliphatic carbocycles. The monoisotopic (exact) mass is 338 g/mol. The molecule has 1 saturated heterocycles. The average molecular weight is 340 g/mol. The summed E-state index contributed by atoms with van der Waals surface area (Å²) in [7, 11) is 1.63. The maximum absolute atomic E-state index is 6.16. The number of hydrogen-bond acceptors (Lipinski definition) is 3. The van der Waals surface area contributed by atoms with Crippen LogP contribution in [0.5, 0.6) is 5.75 Å². The number of ether oxygens (including phenoxy) is 1. The summed E-state index contributed by atoms with van der Waals surface area (Å²) < 4.78 is 5.38. The quantitative estimate of drug-likeness (QED) is 0.911. The van der Waals surface area contributed by atoms with E-state index in [0.29, 0.717) is 15.8 Å². The van der Waals surface area contributed by atoms with Crippen LogP contribution >= 0.6 is 35.6 Å². The van der Waals surface area contributed by atoms with Crippen LogP contribution in [0, 0.1) is 5.41 Å². The molecule has 0 saturated carbocycles. The third kappa shape index (κ3) is 3.92. The second-order valence-electron chi connectivity index (χ2n) is 5.56. The zero-order chi connectivity index (χ0) is 14.0. The third-order valence-corrected chi connectivity index (χ3v) is 4.31. The van der Waals surface area contributed by atoms with Crippen LogP contribution in [0.1, 0.15) is 18.9 Å². The highest BCUT2D eigenvalue weighted by atomic mass is 35.5. The molecule has 2 N–H and O–H groups in total. The van der Waals surface area contributed by atoms with E-state index in [1.807, 2.05) is 6.07 Å².